The number of carbonyl (C=O) groups is 1. The van der Waals surface area contributed by atoms with Crippen LogP contribution in [0.3, 0.4) is 0 Å². The Morgan fingerprint density at radius 1 is 1.23 bits per heavy atom. The molecule has 0 N–H and O–H groups in total. The van der Waals surface area contributed by atoms with Crippen LogP contribution in [0.25, 0.3) is 0 Å². The Morgan fingerprint density at radius 2 is 1.91 bits per heavy atom. The molecule has 0 bridgehead atoms. The van der Waals surface area contributed by atoms with Crippen LogP contribution in [-0.2, 0) is 22.4 Å². The highest BCUT2D eigenvalue weighted by molar-refractivity contribution is 5.71. The predicted molar refractivity (Wildman–Crippen MR) is 83.3 cm³/mol. The second-order valence-corrected chi connectivity index (χ2v) is 7.37. The Morgan fingerprint density at radius 3 is 2.55 bits per heavy atom. The second-order valence-electron chi connectivity index (χ2n) is 7.37. The van der Waals surface area contributed by atoms with Gasteiger partial charge >= 0.3 is 5.97 Å². The molecule has 2 aliphatic rings. The summed E-state index contributed by atoms with van der Waals surface area (Å²) in [6, 6.07) is 0.369. The van der Waals surface area contributed by atoms with E-state index in [-0.39, 0.29) is 11.9 Å². The van der Waals surface area contributed by atoms with Gasteiger partial charge in [-0.2, -0.15) is 0 Å². The van der Waals surface area contributed by atoms with E-state index in [4.69, 9.17) is 4.74 Å². The van der Waals surface area contributed by atoms with Gasteiger partial charge in [-0.15, -0.1) is 5.10 Å². The van der Waals surface area contributed by atoms with Crippen LogP contribution >= 0.6 is 0 Å². The number of hydrogen-bond donors (Lipinski definition) is 0. The van der Waals surface area contributed by atoms with Gasteiger partial charge in [-0.05, 0) is 57.3 Å². The van der Waals surface area contributed by atoms with Crippen molar-refractivity contribution in [1.29, 1.82) is 0 Å². The molecule has 5 heteroatoms. The van der Waals surface area contributed by atoms with E-state index in [0.717, 1.165) is 19.3 Å². The van der Waals surface area contributed by atoms with Crippen molar-refractivity contribution >= 4 is 5.97 Å². The average molecular weight is 305 g/mol. The third-order valence-electron chi connectivity index (χ3n) is 5.19. The van der Waals surface area contributed by atoms with Crippen LogP contribution in [0.1, 0.15) is 58.0 Å². The van der Waals surface area contributed by atoms with Crippen molar-refractivity contribution in [2.45, 2.75) is 59.4 Å². The molecule has 1 saturated carbocycles. The summed E-state index contributed by atoms with van der Waals surface area (Å²) in [6.07, 6.45) is 4.38. The molecule has 122 valence electrons. The first-order valence-corrected chi connectivity index (χ1v) is 8.58. The van der Waals surface area contributed by atoms with Crippen LogP contribution < -0.4 is 0 Å². The van der Waals surface area contributed by atoms with Gasteiger partial charge in [-0.1, -0.05) is 19.1 Å². The van der Waals surface area contributed by atoms with Gasteiger partial charge in [0.15, 0.2) is 0 Å². The van der Waals surface area contributed by atoms with E-state index in [1.165, 1.54) is 17.8 Å². The molecule has 22 heavy (non-hydrogen) atoms. The Hall–Kier alpha value is -1.39. The molecule has 3 atom stereocenters. The predicted octanol–water partition coefficient (Wildman–Crippen LogP) is 2.80. The first kappa shape index (κ1) is 15.5. The molecule has 2 aliphatic carbocycles. The number of aromatic nitrogens is 3. The fourth-order valence-corrected chi connectivity index (χ4v) is 3.79. The lowest BCUT2D eigenvalue weighted by Crippen LogP contribution is -2.14. The van der Waals surface area contributed by atoms with Crippen LogP contribution in [0.2, 0.25) is 0 Å². The van der Waals surface area contributed by atoms with Crippen molar-refractivity contribution in [3.8, 4) is 0 Å². The number of ether oxygens (including phenoxy) is 1. The summed E-state index contributed by atoms with van der Waals surface area (Å²) in [7, 11) is 0. The molecule has 0 unspecified atom stereocenters. The molecule has 0 radical (unpaired) electrons. The van der Waals surface area contributed by atoms with Gasteiger partial charge in [0.1, 0.15) is 0 Å². The molecule has 1 fully saturated rings. The summed E-state index contributed by atoms with van der Waals surface area (Å²) in [5.41, 5.74) is 2.50. The molecule has 3 rings (SSSR count). The number of carbonyl (C=O) groups excluding carboxylic acids is 1. The Kier molecular flexibility index (Phi) is 4.24. The first-order valence-electron chi connectivity index (χ1n) is 8.58. The zero-order valence-corrected chi connectivity index (χ0v) is 14.1. The third-order valence-corrected chi connectivity index (χ3v) is 5.19. The number of esters is 1. The molecule has 0 aliphatic heterocycles. The van der Waals surface area contributed by atoms with E-state index in [2.05, 4.69) is 28.8 Å². The number of fused-ring (bicyclic) bond motifs is 2. The maximum absolute atomic E-state index is 11.6. The monoisotopic (exact) mass is 305 g/mol. The summed E-state index contributed by atoms with van der Waals surface area (Å²) < 4.78 is 7.52. The molecule has 0 aromatic carbocycles. The van der Waals surface area contributed by atoms with Gasteiger partial charge in [0.05, 0.1) is 23.9 Å². The summed E-state index contributed by atoms with van der Waals surface area (Å²) in [5.74, 6) is 1.88. The van der Waals surface area contributed by atoms with Crippen LogP contribution in [0.4, 0.5) is 0 Å². The lowest BCUT2D eigenvalue weighted by molar-refractivity contribution is -0.148. The molecule has 1 aromatic rings. The molecule has 0 saturated heterocycles. The smallest absolute Gasteiger partial charge is 0.308 e. The van der Waals surface area contributed by atoms with Gasteiger partial charge in [-0.25, -0.2) is 4.68 Å². The van der Waals surface area contributed by atoms with Crippen LogP contribution in [-0.4, -0.2) is 27.6 Å². The van der Waals surface area contributed by atoms with Gasteiger partial charge < -0.3 is 4.74 Å². The van der Waals surface area contributed by atoms with Gasteiger partial charge in [0, 0.05) is 6.04 Å². The number of nitrogens with zero attached hydrogens (tertiary/aromatic N) is 3. The van der Waals surface area contributed by atoms with E-state index in [0.29, 0.717) is 30.4 Å². The number of aryl methyl sites for hydroxylation is 1. The van der Waals surface area contributed by atoms with E-state index < -0.39 is 0 Å². The maximum atomic E-state index is 11.6. The molecule has 1 heterocycles. The Bertz CT molecular complexity index is 550. The van der Waals surface area contributed by atoms with Crippen LogP contribution in [0.15, 0.2) is 0 Å². The quantitative estimate of drug-likeness (QED) is 0.803. The standard InChI is InChI=1S/C17H27N3O2/c1-10(2)17(21)22-9-14-12-5-7-15-16(8-6-13(12)14)20(11(3)4)19-18-15/h10-14H,5-9H2,1-4H3/t12-,13+,14-/m1/s1. The van der Waals surface area contributed by atoms with Crippen molar-refractivity contribution in [1.82, 2.24) is 15.0 Å². The van der Waals surface area contributed by atoms with Crippen molar-refractivity contribution in [2.75, 3.05) is 6.61 Å². The normalized spacial score (nSPS) is 27.1. The topological polar surface area (TPSA) is 57.0 Å². The highest BCUT2D eigenvalue weighted by atomic mass is 16.5. The lowest BCUT2D eigenvalue weighted by atomic mass is 10.0. The zero-order chi connectivity index (χ0) is 15.9. The minimum Gasteiger partial charge on any atom is -0.465 e. The summed E-state index contributed by atoms with van der Waals surface area (Å²) >= 11 is 0. The lowest BCUT2D eigenvalue weighted by Gasteiger charge is -2.12. The zero-order valence-electron chi connectivity index (χ0n) is 14.1. The van der Waals surface area contributed by atoms with Crippen LogP contribution in [0.5, 0.6) is 0 Å². The number of rotatable bonds is 4. The summed E-state index contributed by atoms with van der Waals surface area (Å²) in [5, 5.41) is 8.70. The van der Waals surface area contributed by atoms with Crippen molar-refractivity contribution < 1.29 is 9.53 Å². The van der Waals surface area contributed by atoms with Gasteiger partial charge in [0.2, 0.25) is 0 Å². The molecular weight excluding hydrogens is 278 g/mol. The maximum Gasteiger partial charge on any atom is 0.308 e. The van der Waals surface area contributed by atoms with Gasteiger partial charge in [-0.3, -0.25) is 4.79 Å². The van der Waals surface area contributed by atoms with Crippen molar-refractivity contribution in [3.63, 3.8) is 0 Å². The molecule has 5 nitrogen and oxygen atoms in total. The summed E-state index contributed by atoms with van der Waals surface area (Å²) in [4.78, 5) is 11.6. The fraction of sp³-hybridized carbons (Fsp3) is 0.824. The summed E-state index contributed by atoms with van der Waals surface area (Å²) in [6.45, 7) is 8.69. The molecular formula is C17H27N3O2. The van der Waals surface area contributed by atoms with E-state index in [9.17, 15) is 4.79 Å². The minimum atomic E-state index is -0.0697. The third kappa shape index (κ3) is 2.90. The minimum absolute atomic E-state index is 0.0307. The molecule has 0 amide bonds. The highest BCUT2D eigenvalue weighted by Gasteiger charge is 2.50. The van der Waals surface area contributed by atoms with E-state index >= 15 is 0 Å². The van der Waals surface area contributed by atoms with Crippen LogP contribution in [0, 0.1) is 23.7 Å². The fourth-order valence-electron chi connectivity index (χ4n) is 3.79. The van der Waals surface area contributed by atoms with E-state index in [1.807, 2.05) is 13.8 Å². The van der Waals surface area contributed by atoms with E-state index in [1.54, 1.807) is 0 Å². The first-order chi connectivity index (χ1) is 10.5. The largest absolute Gasteiger partial charge is 0.465 e. The molecule has 0 spiro atoms. The number of hydrogen-bond acceptors (Lipinski definition) is 4. The average Bonchev–Trinajstić information content (AvgIpc) is 2.93. The SMILES string of the molecule is CC(C)C(=O)OC[C@@H]1[C@@H]2CCc3nnn(C(C)C)c3CC[C@@H]21. The Labute approximate surface area is 132 Å². The van der Waals surface area contributed by atoms with Crippen molar-refractivity contribution in [2.24, 2.45) is 23.7 Å². The molecule has 1 aromatic heterocycles. The Balaban J connectivity index is 1.60. The van der Waals surface area contributed by atoms with Crippen molar-refractivity contribution in [3.05, 3.63) is 11.4 Å². The highest BCUT2D eigenvalue weighted by Crippen LogP contribution is 2.53. The second kappa shape index (κ2) is 6.01. The van der Waals surface area contributed by atoms with Gasteiger partial charge in [0.25, 0.3) is 0 Å².